The number of piperazine rings is 1. The quantitative estimate of drug-likeness (QED) is 0.834. The molecule has 2 aromatic rings. The van der Waals surface area contributed by atoms with E-state index in [1.54, 1.807) is 24.3 Å². The van der Waals surface area contributed by atoms with Crippen molar-refractivity contribution >= 4 is 5.91 Å². The highest BCUT2D eigenvalue weighted by atomic mass is 19.4. The summed E-state index contributed by atoms with van der Waals surface area (Å²) in [5.74, 6) is -0.626. The van der Waals surface area contributed by atoms with Crippen molar-refractivity contribution in [2.75, 3.05) is 33.2 Å². The van der Waals surface area contributed by atoms with Crippen molar-refractivity contribution in [1.29, 1.82) is 0 Å². The molecule has 1 fully saturated rings. The number of alkyl halides is 3. The van der Waals surface area contributed by atoms with Gasteiger partial charge in [-0.2, -0.15) is 18.3 Å². The van der Waals surface area contributed by atoms with Gasteiger partial charge in [0, 0.05) is 26.2 Å². The molecule has 0 saturated carbocycles. The summed E-state index contributed by atoms with van der Waals surface area (Å²) in [4.78, 5) is 16.1. The summed E-state index contributed by atoms with van der Waals surface area (Å²) in [6.45, 7) is 3.93. The highest BCUT2D eigenvalue weighted by molar-refractivity contribution is 5.95. The Labute approximate surface area is 143 Å². The highest BCUT2D eigenvalue weighted by Crippen LogP contribution is 2.34. The summed E-state index contributed by atoms with van der Waals surface area (Å²) in [6.07, 6.45) is -3.66. The largest absolute Gasteiger partial charge is 0.434 e. The van der Waals surface area contributed by atoms with Crippen LogP contribution in [0.15, 0.2) is 30.5 Å². The van der Waals surface area contributed by atoms with Crippen LogP contribution in [0, 0.1) is 6.92 Å². The minimum atomic E-state index is -4.68. The van der Waals surface area contributed by atoms with Gasteiger partial charge in [-0.25, -0.2) is 4.68 Å². The first-order valence-electron chi connectivity index (χ1n) is 7.97. The number of halogens is 3. The molecule has 8 heteroatoms. The van der Waals surface area contributed by atoms with E-state index in [1.807, 2.05) is 18.9 Å². The smallest absolute Gasteiger partial charge is 0.336 e. The number of nitrogens with zero attached hydrogens (tertiary/aromatic N) is 4. The average molecular weight is 352 g/mol. The van der Waals surface area contributed by atoms with E-state index in [1.165, 1.54) is 4.90 Å². The van der Waals surface area contributed by atoms with E-state index in [-0.39, 0.29) is 5.69 Å². The number of aromatic nitrogens is 2. The normalized spacial score (nSPS) is 16.3. The Balaban J connectivity index is 2.00. The molecule has 0 spiro atoms. The molecular formula is C17H19F3N4O. The first-order valence-corrected chi connectivity index (χ1v) is 7.97. The van der Waals surface area contributed by atoms with Gasteiger partial charge >= 0.3 is 6.18 Å². The maximum atomic E-state index is 13.7. The predicted molar refractivity (Wildman–Crippen MR) is 86.7 cm³/mol. The number of hydrogen-bond acceptors (Lipinski definition) is 3. The summed E-state index contributed by atoms with van der Waals surface area (Å²) in [6, 6.07) is 6.53. The van der Waals surface area contributed by atoms with Crippen molar-refractivity contribution in [1.82, 2.24) is 19.6 Å². The van der Waals surface area contributed by atoms with Gasteiger partial charge in [-0.15, -0.1) is 0 Å². The number of hydrogen-bond donors (Lipinski definition) is 0. The third-order valence-electron chi connectivity index (χ3n) is 4.34. The number of benzene rings is 1. The van der Waals surface area contributed by atoms with E-state index < -0.39 is 23.3 Å². The molecule has 0 N–H and O–H groups in total. The first-order chi connectivity index (χ1) is 11.8. The lowest BCUT2D eigenvalue weighted by molar-refractivity contribution is -0.143. The maximum Gasteiger partial charge on any atom is 0.434 e. The Morgan fingerprint density at radius 2 is 1.68 bits per heavy atom. The Kier molecular flexibility index (Phi) is 4.55. The fourth-order valence-corrected chi connectivity index (χ4v) is 2.84. The molecule has 0 radical (unpaired) electrons. The Bertz CT molecular complexity index is 759. The third kappa shape index (κ3) is 3.53. The van der Waals surface area contributed by atoms with Crippen LogP contribution < -0.4 is 0 Å². The lowest BCUT2D eigenvalue weighted by Crippen LogP contribution is -2.47. The van der Waals surface area contributed by atoms with E-state index in [0.717, 1.165) is 16.4 Å². The molecule has 1 aromatic heterocycles. The molecule has 0 bridgehead atoms. The van der Waals surface area contributed by atoms with Gasteiger partial charge in [0.1, 0.15) is 0 Å². The van der Waals surface area contributed by atoms with Crippen LogP contribution >= 0.6 is 0 Å². The molecule has 1 aliphatic heterocycles. The highest BCUT2D eigenvalue weighted by Gasteiger charge is 2.41. The van der Waals surface area contributed by atoms with Crippen molar-refractivity contribution in [3.05, 3.63) is 47.3 Å². The Hall–Kier alpha value is -2.35. The van der Waals surface area contributed by atoms with Crippen LogP contribution in [0.25, 0.3) is 5.69 Å². The van der Waals surface area contributed by atoms with Crippen molar-refractivity contribution in [3.8, 4) is 5.69 Å². The molecule has 1 aliphatic rings. The number of carbonyl (C=O) groups excluding carboxylic acids is 1. The summed E-state index contributed by atoms with van der Waals surface area (Å²) >= 11 is 0. The number of carbonyl (C=O) groups is 1. The minimum Gasteiger partial charge on any atom is -0.336 e. The summed E-state index contributed by atoms with van der Waals surface area (Å²) in [7, 11) is 1.92. The Morgan fingerprint density at radius 1 is 1.08 bits per heavy atom. The van der Waals surface area contributed by atoms with Crippen LogP contribution in [0.2, 0.25) is 0 Å². The van der Waals surface area contributed by atoms with Gasteiger partial charge in [0.05, 0.1) is 17.4 Å². The fraction of sp³-hybridized carbons (Fsp3) is 0.412. The van der Waals surface area contributed by atoms with Gasteiger partial charge in [-0.3, -0.25) is 4.79 Å². The molecule has 1 aromatic carbocycles. The molecular weight excluding hydrogens is 333 g/mol. The molecule has 134 valence electrons. The number of rotatable bonds is 2. The van der Waals surface area contributed by atoms with Crippen molar-refractivity contribution in [3.63, 3.8) is 0 Å². The lowest BCUT2D eigenvalue weighted by atomic mass is 10.1. The van der Waals surface area contributed by atoms with Crippen molar-refractivity contribution in [2.45, 2.75) is 13.1 Å². The van der Waals surface area contributed by atoms with Crippen LogP contribution in [-0.2, 0) is 6.18 Å². The third-order valence-corrected chi connectivity index (χ3v) is 4.34. The zero-order valence-electron chi connectivity index (χ0n) is 14.0. The van der Waals surface area contributed by atoms with E-state index >= 15 is 0 Å². The van der Waals surface area contributed by atoms with Gasteiger partial charge in [-0.1, -0.05) is 17.7 Å². The topological polar surface area (TPSA) is 41.4 Å². The van der Waals surface area contributed by atoms with E-state index in [4.69, 9.17) is 0 Å². The standard InChI is InChI=1S/C17H19F3N4O/c1-12-3-5-13(6-4-12)24-15(17(18,19)20)14(11-21-24)16(25)23-9-7-22(2)8-10-23/h3-6,11H,7-10H2,1-2H3. The predicted octanol–water partition coefficient (Wildman–Crippen LogP) is 2.59. The van der Waals surface area contributed by atoms with E-state index in [2.05, 4.69) is 5.10 Å². The molecule has 0 aliphatic carbocycles. The van der Waals surface area contributed by atoms with E-state index in [0.29, 0.717) is 26.2 Å². The molecule has 2 heterocycles. The van der Waals surface area contributed by atoms with Gasteiger partial charge in [0.2, 0.25) is 0 Å². The van der Waals surface area contributed by atoms with Gasteiger partial charge < -0.3 is 9.80 Å². The zero-order valence-corrected chi connectivity index (χ0v) is 14.0. The van der Waals surface area contributed by atoms with Crippen LogP contribution in [0.3, 0.4) is 0 Å². The average Bonchev–Trinajstić information content (AvgIpc) is 3.01. The van der Waals surface area contributed by atoms with Crippen LogP contribution in [0.1, 0.15) is 21.6 Å². The Morgan fingerprint density at radius 3 is 2.24 bits per heavy atom. The molecule has 0 unspecified atom stereocenters. The second-order valence-corrected chi connectivity index (χ2v) is 6.25. The SMILES string of the molecule is Cc1ccc(-n2ncc(C(=O)N3CCN(C)CC3)c2C(F)(F)F)cc1. The van der Waals surface area contributed by atoms with Crippen LogP contribution in [0.4, 0.5) is 13.2 Å². The van der Waals surface area contributed by atoms with Gasteiger partial charge in [0.15, 0.2) is 5.69 Å². The lowest BCUT2D eigenvalue weighted by Gasteiger charge is -2.32. The number of amides is 1. The van der Waals surface area contributed by atoms with Crippen molar-refractivity contribution < 1.29 is 18.0 Å². The molecule has 0 atom stereocenters. The van der Waals surface area contributed by atoms with Crippen molar-refractivity contribution in [2.24, 2.45) is 0 Å². The fourth-order valence-electron chi connectivity index (χ4n) is 2.84. The maximum absolute atomic E-state index is 13.7. The van der Waals surface area contributed by atoms with Gasteiger partial charge in [0.25, 0.3) is 5.91 Å². The summed E-state index contributed by atoms with van der Waals surface area (Å²) < 4.78 is 41.8. The zero-order chi connectivity index (χ0) is 18.2. The molecule has 1 saturated heterocycles. The molecule has 1 amide bonds. The number of likely N-dealkylation sites (N-methyl/N-ethyl adjacent to an activating group) is 1. The minimum absolute atomic E-state index is 0.273. The molecule has 25 heavy (non-hydrogen) atoms. The summed E-state index contributed by atoms with van der Waals surface area (Å²) in [5, 5.41) is 3.85. The monoisotopic (exact) mass is 352 g/mol. The van der Waals surface area contributed by atoms with Crippen LogP contribution in [0.5, 0.6) is 0 Å². The van der Waals surface area contributed by atoms with E-state index in [9.17, 15) is 18.0 Å². The second-order valence-electron chi connectivity index (χ2n) is 6.25. The van der Waals surface area contributed by atoms with Gasteiger partial charge in [-0.05, 0) is 26.1 Å². The van der Waals surface area contributed by atoms with Crippen LogP contribution in [-0.4, -0.2) is 58.7 Å². The molecule has 5 nitrogen and oxygen atoms in total. The first kappa shape index (κ1) is 17.5. The number of aryl methyl sites for hydroxylation is 1. The summed E-state index contributed by atoms with van der Waals surface area (Å²) in [5.41, 5.74) is -0.230. The molecule has 3 rings (SSSR count). The second kappa shape index (κ2) is 6.51.